The Hall–Kier alpha value is -1.17. The van der Waals surface area contributed by atoms with Gasteiger partial charge < -0.3 is 0 Å². The smallest absolute Gasteiger partial charge is 0.253 e. The molecule has 0 fully saturated rings. The predicted molar refractivity (Wildman–Crippen MR) is 31.9 cm³/mol. The molecule has 0 amide bonds. The highest BCUT2D eigenvalue weighted by atomic mass is 35.5. The first-order valence-corrected chi connectivity index (χ1v) is 2.69. The fourth-order valence-corrected chi connectivity index (χ4v) is 0.530. The molecule has 0 aliphatic rings. The van der Waals surface area contributed by atoms with Crippen LogP contribution in [0.15, 0.2) is 4.79 Å². The average Bonchev–Trinajstić information content (AvgIpc) is 2.14. The molecule has 0 aliphatic heterocycles. The Balaban J connectivity index is 3.32. The zero-order valence-electron chi connectivity index (χ0n) is 4.98. The first-order valence-electron chi connectivity index (χ1n) is 2.32. The molecule has 1 aromatic heterocycles. The fraction of sp³-hybridized carbons (Fsp3) is 0.333. The van der Waals surface area contributed by atoms with E-state index in [1.54, 1.807) is 0 Å². The van der Waals surface area contributed by atoms with Crippen LogP contribution in [0.5, 0.6) is 0 Å². The van der Waals surface area contributed by atoms with Crippen molar-refractivity contribution >= 4 is 17.0 Å². The molecule has 54 valence electrons. The molecule has 0 saturated carbocycles. The maximum absolute atomic E-state index is 10.7. The van der Waals surface area contributed by atoms with Gasteiger partial charge in [-0.15, -0.1) is 4.68 Å². The molecular weight excluding hydrogens is 160 g/mol. The number of aryl methyl sites for hydroxylation is 1. The van der Waals surface area contributed by atoms with Crippen LogP contribution in [-0.2, 0) is 7.05 Å². The molecule has 10 heavy (non-hydrogen) atoms. The standard InChI is InChI=1S/C3H3ClN4O2/c1-7-3(10)8(2(4)9)6-5-7/h1H3. The molecule has 0 saturated heterocycles. The van der Waals surface area contributed by atoms with Crippen LogP contribution in [0.1, 0.15) is 0 Å². The number of carbonyl (C=O) groups is 1. The number of aromatic nitrogens is 4. The van der Waals surface area contributed by atoms with E-state index in [0.717, 1.165) is 4.68 Å². The Morgan fingerprint density at radius 2 is 2.20 bits per heavy atom. The highest BCUT2D eigenvalue weighted by molar-refractivity contribution is 6.63. The second-order valence-corrected chi connectivity index (χ2v) is 1.87. The number of rotatable bonds is 0. The minimum Gasteiger partial charge on any atom is -0.253 e. The highest BCUT2D eigenvalue weighted by Crippen LogP contribution is 1.80. The van der Waals surface area contributed by atoms with Gasteiger partial charge in [0.15, 0.2) is 0 Å². The van der Waals surface area contributed by atoms with Crippen LogP contribution in [0.2, 0.25) is 0 Å². The fourth-order valence-electron chi connectivity index (χ4n) is 0.424. The lowest BCUT2D eigenvalue weighted by Crippen LogP contribution is -2.25. The minimum atomic E-state index is -0.960. The van der Waals surface area contributed by atoms with E-state index in [1.165, 1.54) is 7.05 Å². The van der Waals surface area contributed by atoms with Crippen molar-refractivity contribution in [3.05, 3.63) is 10.5 Å². The van der Waals surface area contributed by atoms with E-state index >= 15 is 0 Å². The molecule has 0 bridgehead atoms. The minimum absolute atomic E-state index is 0.460. The molecular formula is C3H3ClN4O2. The Labute approximate surface area is 60.0 Å². The quantitative estimate of drug-likeness (QED) is 0.369. The SMILES string of the molecule is Cn1nnn(C(=O)Cl)c1=O. The third-order valence-electron chi connectivity index (χ3n) is 0.888. The maximum Gasteiger partial charge on any atom is 0.371 e. The third-order valence-corrected chi connectivity index (χ3v) is 1.05. The molecule has 0 unspecified atom stereocenters. The van der Waals surface area contributed by atoms with Crippen molar-refractivity contribution < 1.29 is 4.79 Å². The number of hydrogen-bond acceptors (Lipinski definition) is 4. The van der Waals surface area contributed by atoms with E-state index in [1.807, 2.05) is 0 Å². The van der Waals surface area contributed by atoms with E-state index in [-0.39, 0.29) is 0 Å². The van der Waals surface area contributed by atoms with Crippen LogP contribution in [0.4, 0.5) is 4.79 Å². The van der Waals surface area contributed by atoms with Crippen molar-refractivity contribution in [1.29, 1.82) is 0 Å². The van der Waals surface area contributed by atoms with Crippen LogP contribution < -0.4 is 5.69 Å². The lowest BCUT2D eigenvalue weighted by molar-refractivity contribution is 0.257. The van der Waals surface area contributed by atoms with E-state index < -0.39 is 11.1 Å². The zero-order valence-corrected chi connectivity index (χ0v) is 5.74. The van der Waals surface area contributed by atoms with E-state index in [2.05, 4.69) is 10.4 Å². The van der Waals surface area contributed by atoms with Crippen LogP contribution in [0, 0.1) is 0 Å². The van der Waals surface area contributed by atoms with Crippen molar-refractivity contribution in [2.45, 2.75) is 0 Å². The first-order chi connectivity index (χ1) is 4.63. The summed E-state index contributed by atoms with van der Waals surface area (Å²) < 4.78 is 1.36. The molecule has 1 heterocycles. The van der Waals surface area contributed by atoms with Gasteiger partial charge in [-0.05, 0) is 22.0 Å². The summed E-state index contributed by atoms with van der Waals surface area (Å²) in [7, 11) is 1.37. The average molecular weight is 163 g/mol. The first kappa shape index (κ1) is 6.94. The van der Waals surface area contributed by atoms with Crippen molar-refractivity contribution in [1.82, 2.24) is 19.8 Å². The molecule has 0 aliphatic carbocycles. The number of carbonyl (C=O) groups excluding carboxylic acids is 1. The molecule has 0 aromatic carbocycles. The van der Waals surface area contributed by atoms with Crippen LogP contribution in [0.25, 0.3) is 0 Å². The summed E-state index contributed by atoms with van der Waals surface area (Å²) in [6.45, 7) is 0. The summed E-state index contributed by atoms with van der Waals surface area (Å²) in [5.41, 5.74) is -0.653. The summed E-state index contributed by atoms with van der Waals surface area (Å²) in [6.07, 6.45) is 0. The van der Waals surface area contributed by atoms with Crippen molar-refractivity contribution in [2.75, 3.05) is 0 Å². The predicted octanol–water partition coefficient (Wildman–Crippen LogP) is -0.816. The van der Waals surface area contributed by atoms with Gasteiger partial charge in [0.1, 0.15) is 0 Å². The largest absolute Gasteiger partial charge is 0.371 e. The Kier molecular flexibility index (Phi) is 1.54. The third kappa shape index (κ3) is 0.926. The molecule has 6 nitrogen and oxygen atoms in total. The molecule has 0 atom stereocenters. The van der Waals surface area contributed by atoms with Crippen molar-refractivity contribution in [3.8, 4) is 0 Å². The van der Waals surface area contributed by atoms with Crippen LogP contribution in [0.3, 0.4) is 0 Å². The van der Waals surface area contributed by atoms with Gasteiger partial charge in [-0.2, -0.15) is 4.68 Å². The van der Waals surface area contributed by atoms with Crippen LogP contribution in [-0.4, -0.2) is 25.2 Å². The topological polar surface area (TPSA) is 69.8 Å². The number of tetrazole rings is 1. The maximum atomic E-state index is 10.7. The lowest BCUT2D eigenvalue weighted by atomic mass is 11.1. The molecule has 7 heteroatoms. The zero-order chi connectivity index (χ0) is 7.72. The molecule has 0 spiro atoms. The molecule has 0 radical (unpaired) electrons. The molecule has 1 aromatic rings. The van der Waals surface area contributed by atoms with E-state index in [0.29, 0.717) is 4.68 Å². The summed E-state index contributed by atoms with van der Waals surface area (Å²) in [5.74, 6) is 0. The molecule has 1 rings (SSSR count). The van der Waals surface area contributed by atoms with Gasteiger partial charge >= 0.3 is 11.1 Å². The van der Waals surface area contributed by atoms with E-state index in [9.17, 15) is 9.59 Å². The van der Waals surface area contributed by atoms with Gasteiger partial charge in [-0.3, -0.25) is 4.79 Å². The van der Waals surface area contributed by atoms with Gasteiger partial charge in [0.25, 0.3) is 0 Å². The van der Waals surface area contributed by atoms with Gasteiger partial charge in [0.05, 0.1) is 0 Å². The summed E-state index contributed by atoms with van der Waals surface area (Å²) in [6, 6.07) is 0. The van der Waals surface area contributed by atoms with Crippen molar-refractivity contribution in [2.24, 2.45) is 7.05 Å². The van der Waals surface area contributed by atoms with Crippen molar-refractivity contribution in [3.63, 3.8) is 0 Å². The van der Waals surface area contributed by atoms with E-state index in [4.69, 9.17) is 11.6 Å². The van der Waals surface area contributed by atoms with Gasteiger partial charge in [0.2, 0.25) is 0 Å². The Bertz CT molecular complexity index is 313. The summed E-state index contributed by atoms with van der Waals surface area (Å²) >= 11 is 4.93. The van der Waals surface area contributed by atoms with Gasteiger partial charge in [-0.1, -0.05) is 0 Å². The second kappa shape index (κ2) is 2.22. The monoisotopic (exact) mass is 162 g/mol. The lowest BCUT2D eigenvalue weighted by Gasteiger charge is -1.81. The number of nitrogens with zero attached hydrogens (tertiary/aromatic N) is 4. The van der Waals surface area contributed by atoms with Gasteiger partial charge in [-0.25, -0.2) is 4.79 Å². The number of hydrogen-bond donors (Lipinski definition) is 0. The van der Waals surface area contributed by atoms with Gasteiger partial charge in [0, 0.05) is 7.05 Å². The summed E-state index contributed by atoms with van der Waals surface area (Å²) in [4.78, 5) is 21.0. The Morgan fingerprint density at radius 3 is 2.40 bits per heavy atom. The molecule has 0 N–H and O–H groups in total. The second-order valence-electron chi connectivity index (χ2n) is 1.55. The van der Waals surface area contributed by atoms with Crippen LogP contribution >= 0.6 is 11.6 Å². The summed E-state index contributed by atoms with van der Waals surface area (Å²) in [5, 5.41) is 5.44. The normalized spacial score (nSPS) is 9.80. The highest BCUT2D eigenvalue weighted by Gasteiger charge is 2.07. The Morgan fingerprint density at radius 1 is 1.60 bits per heavy atom. The number of halogens is 1.